The molecular weight excluding hydrogens is 301 g/mol. The Morgan fingerprint density at radius 1 is 1.05 bits per heavy atom. The molecule has 2 aromatic carbocycles. The Hall–Kier alpha value is -1.36. The number of aromatic amines is 1. The first-order chi connectivity index (χ1) is 9.20. The summed E-state index contributed by atoms with van der Waals surface area (Å²) in [5, 5.41) is 9.22. The molecule has 19 heavy (non-hydrogen) atoms. The van der Waals surface area contributed by atoms with E-state index in [0.717, 1.165) is 21.5 Å². The van der Waals surface area contributed by atoms with E-state index in [4.69, 9.17) is 23.2 Å². The Labute approximate surface area is 124 Å². The Bertz CT molecular complexity index is 706. The van der Waals surface area contributed by atoms with Gasteiger partial charge in [-0.15, -0.1) is 0 Å². The zero-order chi connectivity index (χ0) is 13.2. The van der Waals surface area contributed by atoms with Crippen LogP contribution >= 0.6 is 35.1 Å². The lowest BCUT2D eigenvalue weighted by Crippen LogP contribution is -1.86. The van der Waals surface area contributed by atoms with Crippen molar-refractivity contribution in [1.29, 1.82) is 0 Å². The van der Waals surface area contributed by atoms with Gasteiger partial charge in [0.25, 0.3) is 0 Å². The van der Waals surface area contributed by atoms with Crippen LogP contribution in [0.1, 0.15) is 0 Å². The summed E-state index contributed by atoms with van der Waals surface area (Å²) in [6.07, 6.45) is 1.79. The third-order valence-electron chi connectivity index (χ3n) is 2.56. The van der Waals surface area contributed by atoms with Crippen molar-refractivity contribution in [3.63, 3.8) is 0 Å². The van der Waals surface area contributed by atoms with Crippen molar-refractivity contribution >= 4 is 51.7 Å². The standard InChI is InChI=1S/C13H9Cl2N3S/c14-9-4-10(15)6-12(5-9)19-18-11-1-2-13-8(3-11)7-16-17-13/h1-7,18H,(H,16,17). The Morgan fingerprint density at radius 2 is 1.84 bits per heavy atom. The van der Waals surface area contributed by atoms with E-state index in [1.54, 1.807) is 12.3 Å². The molecule has 0 aliphatic heterocycles. The van der Waals surface area contributed by atoms with E-state index in [0.29, 0.717) is 10.0 Å². The topological polar surface area (TPSA) is 40.7 Å². The molecule has 1 aromatic heterocycles. The van der Waals surface area contributed by atoms with Gasteiger partial charge in [0.2, 0.25) is 0 Å². The molecule has 96 valence electrons. The second-order valence-electron chi connectivity index (χ2n) is 3.98. The van der Waals surface area contributed by atoms with E-state index in [1.165, 1.54) is 11.9 Å². The summed E-state index contributed by atoms with van der Waals surface area (Å²) in [5.74, 6) is 0. The van der Waals surface area contributed by atoms with Crippen LogP contribution in [0.3, 0.4) is 0 Å². The van der Waals surface area contributed by atoms with Crippen molar-refractivity contribution < 1.29 is 0 Å². The predicted molar refractivity (Wildman–Crippen MR) is 82.0 cm³/mol. The van der Waals surface area contributed by atoms with Crippen molar-refractivity contribution in [1.82, 2.24) is 10.2 Å². The first kappa shape index (κ1) is 12.7. The van der Waals surface area contributed by atoms with Gasteiger partial charge in [0.05, 0.1) is 11.7 Å². The molecule has 0 saturated heterocycles. The number of anilines is 1. The summed E-state index contributed by atoms with van der Waals surface area (Å²) in [6, 6.07) is 11.4. The van der Waals surface area contributed by atoms with Crippen LogP contribution in [-0.4, -0.2) is 10.2 Å². The molecule has 0 unspecified atom stereocenters. The Kier molecular flexibility index (Phi) is 3.55. The number of hydrogen-bond acceptors (Lipinski definition) is 3. The van der Waals surface area contributed by atoms with E-state index in [2.05, 4.69) is 14.9 Å². The van der Waals surface area contributed by atoms with Crippen LogP contribution in [0.5, 0.6) is 0 Å². The number of nitrogens with zero attached hydrogens (tertiary/aromatic N) is 1. The zero-order valence-electron chi connectivity index (χ0n) is 9.65. The van der Waals surface area contributed by atoms with Gasteiger partial charge in [-0.25, -0.2) is 0 Å². The fourth-order valence-corrected chi connectivity index (χ4v) is 3.10. The molecule has 1 heterocycles. The highest BCUT2D eigenvalue weighted by Crippen LogP contribution is 2.28. The van der Waals surface area contributed by atoms with Gasteiger partial charge < -0.3 is 4.72 Å². The SMILES string of the molecule is Clc1cc(Cl)cc(SNc2ccc3[nH]ncc3c2)c1. The highest BCUT2D eigenvalue weighted by Gasteiger charge is 2.01. The second kappa shape index (κ2) is 5.33. The Balaban J connectivity index is 1.77. The van der Waals surface area contributed by atoms with Gasteiger partial charge in [0.1, 0.15) is 0 Å². The molecular formula is C13H9Cl2N3S. The van der Waals surface area contributed by atoms with Crippen LogP contribution in [-0.2, 0) is 0 Å². The largest absolute Gasteiger partial charge is 0.326 e. The van der Waals surface area contributed by atoms with Crippen molar-refractivity contribution in [2.75, 3.05) is 4.72 Å². The molecule has 3 aromatic rings. The monoisotopic (exact) mass is 309 g/mol. The van der Waals surface area contributed by atoms with Crippen LogP contribution in [0.2, 0.25) is 10.0 Å². The number of benzene rings is 2. The highest BCUT2D eigenvalue weighted by atomic mass is 35.5. The molecule has 2 N–H and O–H groups in total. The molecule has 0 atom stereocenters. The van der Waals surface area contributed by atoms with E-state index in [1.807, 2.05) is 30.3 Å². The lowest BCUT2D eigenvalue weighted by atomic mass is 10.2. The Morgan fingerprint density at radius 3 is 2.63 bits per heavy atom. The van der Waals surface area contributed by atoms with E-state index in [-0.39, 0.29) is 0 Å². The smallest absolute Gasteiger partial charge is 0.0651 e. The van der Waals surface area contributed by atoms with Gasteiger partial charge in [0.15, 0.2) is 0 Å². The molecule has 0 radical (unpaired) electrons. The average Bonchev–Trinajstić information content (AvgIpc) is 2.82. The van der Waals surface area contributed by atoms with Gasteiger partial charge in [-0.3, -0.25) is 5.10 Å². The summed E-state index contributed by atoms with van der Waals surface area (Å²) >= 11 is 13.4. The van der Waals surface area contributed by atoms with Gasteiger partial charge in [-0.05, 0) is 48.3 Å². The summed E-state index contributed by atoms with van der Waals surface area (Å²) < 4.78 is 3.26. The fourth-order valence-electron chi connectivity index (χ4n) is 1.71. The van der Waals surface area contributed by atoms with Crippen molar-refractivity contribution in [3.05, 3.63) is 52.6 Å². The molecule has 0 fully saturated rings. The number of nitrogens with one attached hydrogen (secondary N) is 2. The number of aromatic nitrogens is 2. The third kappa shape index (κ3) is 2.97. The molecule has 0 aliphatic carbocycles. The maximum atomic E-state index is 5.96. The van der Waals surface area contributed by atoms with Gasteiger partial charge >= 0.3 is 0 Å². The third-order valence-corrected chi connectivity index (χ3v) is 3.81. The molecule has 0 spiro atoms. The van der Waals surface area contributed by atoms with Gasteiger partial charge in [-0.2, -0.15) is 5.10 Å². The predicted octanol–water partition coefficient (Wildman–Crippen LogP) is 4.99. The summed E-state index contributed by atoms with van der Waals surface area (Å²) in [6.45, 7) is 0. The average molecular weight is 310 g/mol. The minimum Gasteiger partial charge on any atom is -0.326 e. The molecule has 0 amide bonds. The molecule has 3 rings (SSSR count). The van der Waals surface area contributed by atoms with E-state index < -0.39 is 0 Å². The lowest BCUT2D eigenvalue weighted by Gasteiger charge is -2.06. The summed E-state index contributed by atoms with van der Waals surface area (Å²) in [5.41, 5.74) is 2.01. The number of H-pyrrole nitrogens is 1. The minimum atomic E-state index is 0.627. The quantitative estimate of drug-likeness (QED) is 0.670. The van der Waals surface area contributed by atoms with Crippen LogP contribution in [0, 0.1) is 0 Å². The van der Waals surface area contributed by atoms with Crippen LogP contribution in [0.15, 0.2) is 47.5 Å². The molecule has 0 saturated carbocycles. The summed E-state index contributed by atoms with van der Waals surface area (Å²) in [4.78, 5) is 0.963. The zero-order valence-corrected chi connectivity index (χ0v) is 12.0. The number of fused-ring (bicyclic) bond motifs is 1. The van der Waals surface area contributed by atoms with Crippen molar-refractivity contribution in [3.8, 4) is 0 Å². The van der Waals surface area contributed by atoms with Crippen LogP contribution in [0.25, 0.3) is 10.9 Å². The molecule has 3 nitrogen and oxygen atoms in total. The minimum absolute atomic E-state index is 0.627. The van der Waals surface area contributed by atoms with Gasteiger partial charge in [0, 0.05) is 26.0 Å². The van der Waals surface area contributed by atoms with Crippen LogP contribution in [0.4, 0.5) is 5.69 Å². The second-order valence-corrected chi connectivity index (χ2v) is 5.73. The summed E-state index contributed by atoms with van der Waals surface area (Å²) in [7, 11) is 0. The fraction of sp³-hybridized carbons (Fsp3) is 0. The lowest BCUT2D eigenvalue weighted by molar-refractivity contribution is 1.12. The normalized spacial score (nSPS) is 10.8. The first-order valence-electron chi connectivity index (χ1n) is 5.53. The molecule has 6 heteroatoms. The number of halogens is 2. The van der Waals surface area contributed by atoms with Crippen molar-refractivity contribution in [2.24, 2.45) is 0 Å². The first-order valence-corrected chi connectivity index (χ1v) is 7.10. The van der Waals surface area contributed by atoms with Crippen molar-refractivity contribution in [2.45, 2.75) is 4.90 Å². The number of rotatable bonds is 3. The maximum absolute atomic E-state index is 5.96. The maximum Gasteiger partial charge on any atom is 0.0651 e. The van der Waals surface area contributed by atoms with E-state index in [9.17, 15) is 0 Å². The van der Waals surface area contributed by atoms with E-state index >= 15 is 0 Å². The molecule has 0 aliphatic rings. The van der Waals surface area contributed by atoms with Gasteiger partial charge in [-0.1, -0.05) is 23.2 Å². The molecule has 0 bridgehead atoms. The highest BCUT2D eigenvalue weighted by molar-refractivity contribution is 8.00. The number of hydrogen-bond donors (Lipinski definition) is 2. The van der Waals surface area contributed by atoms with Crippen LogP contribution < -0.4 is 4.72 Å².